The fourth-order valence-electron chi connectivity index (χ4n) is 9.53. The second-order valence-corrected chi connectivity index (χ2v) is 18.2. The van der Waals surface area contributed by atoms with Crippen LogP contribution in [-0.4, -0.2) is 69.4 Å². The molecule has 4 rings (SSSR count). The molecule has 282 valence electrons. The number of aliphatic hydroxyl groups excluding tert-OH is 2. The van der Waals surface area contributed by atoms with Gasteiger partial charge in [-0.15, -0.1) is 11.6 Å². The van der Waals surface area contributed by atoms with Crippen LogP contribution in [0.15, 0.2) is 22.8 Å². The molecule has 0 aromatic rings. The SMILES string of the molecule is COC(=O)[C@]12CC(=O)[C@H](C(C)C)CC(=O)[C@H](C)CCC[C@H](C)CC(=O)[C@H]1CC(C)=C1[C@@H](O)C[C@@](C)(Cl)[C@@H]3CC[C@@](C)(O3)[C@@H](O)CC/C(C)=C/[C@@H]12. The van der Waals surface area contributed by atoms with Gasteiger partial charge in [-0.2, -0.15) is 0 Å². The lowest BCUT2D eigenvalue weighted by Crippen LogP contribution is -2.55. The summed E-state index contributed by atoms with van der Waals surface area (Å²) in [5.41, 5.74) is -0.205. The average Bonchev–Trinajstić information content (AvgIpc) is 3.45. The second-order valence-electron chi connectivity index (χ2n) is 17.3. The quantitative estimate of drug-likeness (QED) is 0.171. The van der Waals surface area contributed by atoms with Crippen LogP contribution in [0.3, 0.4) is 0 Å². The number of esters is 1. The maximum atomic E-state index is 14.7. The van der Waals surface area contributed by atoms with E-state index >= 15 is 0 Å². The molecule has 0 amide bonds. The van der Waals surface area contributed by atoms with Crippen LogP contribution in [-0.2, 0) is 28.7 Å². The van der Waals surface area contributed by atoms with Gasteiger partial charge in [0.25, 0.3) is 0 Å². The van der Waals surface area contributed by atoms with E-state index < -0.39 is 57.9 Å². The minimum absolute atomic E-state index is 0.0195. The Bertz CT molecular complexity index is 1360. The van der Waals surface area contributed by atoms with Crippen molar-refractivity contribution in [2.45, 2.75) is 161 Å². The highest BCUT2D eigenvalue weighted by Gasteiger charge is 2.60. The molecule has 2 bridgehead atoms. The van der Waals surface area contributed by atoms with Crippen LogP contribution in [0, 0.1) is 40.9 Å². The molecular weight excluding hydrogens is 656 g/mol. The van der Waals surface area contributed by atoms with Crippen LogP contribution in [0.5, 0.6) is 0 Å². The Balaban J connectivity index is 1.98. The van der Waals surface area contributed by atoms with E-state index in [1.54, 1.807) is 0 Å². The Kier molecular flexibility index (Phi) is 13.1. The number of allylic oxidation sites excluding steroid dienone is 3. The first-order valence-electron chi connectivity index (χ1n) is 19.0. The van der Waals surface area contributed by atoms with Crippen molar-refractivity contribution < 1.29 is 38.9 Å². The molecule has 2 aliphatic heterocycles. The van der Waals surface area contributed by atoms with Crippen LogP contribution in [0.25, 0.3) is 0 Å². The number of hydrogen-bond donors (Lipinski definition) is 2. The fourth-order valence-corrected chi connectivity index (χ4v) is 9.83. The van der Waals surface area contributed by atoms with Crippen molar-refractivity contribution in [3.8, 4) is 0 Å². The van der Waals surface area contributed by atoms with Gasteiger partial charge in [0, 0.05) is 42.9 Å². The van der Waals surface area contributed by atoms with Gasteiger partial charge >= 0.3 is 5.97 Å². The fraction of sp³-hybridized carbons (Fsp3) is 0.805. The van der Waals surface area contributed by atoms with Crippen molar-refractivity contribution in [2.24, 2.45) is 40.9 Å². The topological polar surface area (TPSA) is 127 Å². The highest BCUT2D eigenvalue weighted by molar-refractivity contribution is 6.24. The number of Topliss-reactive ketones (excluding diaryl/α,β-unsaturated/α-hetero) is 3. The first-order valence-corrected chi connectivity index (χ1v) is 19.4. The van der Waals surface area contributed by atoms with Gasteiger partial charge in [-0.3, -0.25) is 19.2 Å². The maximum Gasteiger partial charge on any atom is 0.313 e. The number of fused-ring (bicyclic) bond motifs is 5. The second kappa shape index (κ2) is 16.0. The van der Waals surface area contributed by atoms with Crippen LogP contribution in [0.2, 0.25) is 0 Å². The first kappa shape index (κ1) is 40.9. The van der Waals surface area contributed by atoms with Gasteiger partial charge in [0.1, 0.15) is 17.3 Å². The summed E-state index contributed by atoms with van der Waals surface area (Å²) in [5, 5.41) is 23.6. The molecule has 0 radical (unpaired) electrons. The molecule has 9 heteroatoms. The van der Waals surface area contributed by atoms with Crippen LogP contribution in [0.4, 0.5) is 0 Å². The molecule has 2 heterocycles. The van der Waals surface area contributed by atoms with Gasteiger partial charge in [0.05, 0.1) is 41.3 Å². The van der Waals surface area contributed by atoms with Crippen molar-refractivity contribution in [1.82, 2.24) is 0 Å². The Hall–Kier alpha value is -1.87. The zero-order chi connectivity index (χ0) is 37.3. The van der Waals surface area contributed by atoms with Crippen molar-refractivity contribution in [1.29, 1.82) is 0 Å². The molecule has 0 aromatic heterocycles. The Labute approximate surface area is 305 Å². The van der Waals surface area contributed by atoms with Crippen LogP contribution < -0.4 is 0 Å². The Morgan fingerprint density at radius 3 is 2.30 bits per heavy atom. The van der Waals surface area contributed by atoms with E-state index in [-0.39, 0.29) is 67.2 Å². The molecule has 1 saturated heterocycles. The zero-order valence-corrected chi connectivity index (χ0v) is 32.7. The average molecular weight is 719 g/mol. The van der Waals surface area contributed by atoms with E-state index in [9.17, 15) is 29.4 Å². The van der Waals surface area contributed by atoms with Crippen molar-refractivity contribution >= 4 is 34.9 Å². The van der Waals surface area contributed by atoms with Gasteiger partial charge in [0.2, 0.25) is 0 Å². The summed E-state index contributed by atoms with van der Waals surface area (Å²) in [6, 6.07) is 0. The Morgan fingerprint density at radius 1 is 0.980 bits per heavy atom. The molecular formula is C41H63ClO8. The molecule has 2 fully saturated rings. The third-order valence-corrected chi connectivity index (χ3v) is 13.3. The van der Waals surface area contributed by atoms with E-state index in [0.29, 0.717) is 37.7 Å². The first-order chi connectivity index (χ1) is 23.3. The van der Waals surface area contributed by atoms with Gasteiger partial charge in [0.15, 0.2) is 0 Å². The highest BCUT2D eigenvalue weighted by Crippen LogP contribution is 2.56. The van der Waals surface area contributed by atoms with E-state index in [1.165, 1.54) is 7.11 Å². The number of ether oxygens (including phenoxy) is 2. The maximum absolute atomic E-state index is 14.7. The summed E-state index contributed by atoms with van der Waals surface area (Å²) in [7, 11) is 1.29. The molecule has 11 atom stereocenters. The lowest BCUT2D eigenvalue weighted by molar-refractivity contribution is -0.166. The van der Waals surface area contributed by atoms with E-state index in [1.807, 2.05) is 61.5 Å². The summed E-state index contributed by atoms with van der Waals surface area (Å²) in [5.74, 6) is -3.69. The number of rotatable bonds is 2. The summed E-state index contributed by atoms with van der Waals surface area (Å²) in [6.07, 6.45) is 4.35. The predicted octanol–water partition coefficient (Wildman–Crippen LogP) is 7.49. The third kappa shape index (κ3) is 8.34. The van der Waals surface area contributed by atoms with E-state index in [2.05, 4.69) is 0 Å². The number of hydrogen-bond acceptors (Lipinski definition) is 8. The molecule has 0 spiro atoms. The van der Waals surface area contributed by atoms with Crippen LogP contribution in [0.1, 0.15) is 132 Å². The molecule has 0 aromatic carbocycles. The number of ketones is 3. The van der Waals surface area contributed by atoms with Gasteiger partial charge in [-0.1, -0.05) is 57.8 Å². The lowest BCUT2D eigenvalue weighted by atomic mass is 9.52. The minimum atomic E-state index is -1.66. The molecule has 8 nitrogen and oxygen atoms in total. The largest absolute Gasteiger partial charge is 0.469 e. The van der Waals surface area contributed by atoms with Crippen molar-refractivity contribution in [3.63, 3.8) is 0 Å². The summed E-state index contributed by atoms with van der Waals surface area (Å²) >= 11 is 7.23. The number of alkyl halides is 1. The van der Waals surface area contributed by atoms with Gasteiger partial charge < -0.3 is 19.7 Å². The molecule has 2 N–H and O–H groups in total. The molecule has 2 aliphatic carbocycles. The van der Waals surface area contributed by atoms with Gasteiger partial charge in [-0.25, -0.2) is 0 Å². The summed E-state index contributed by atoms with van der Waals surface area (Å²) in [4.78, 5) is 56.5. The third-order valence-electron chi connectivity index (χ3n) is 12.9. The van der Waals surface area contributed by atoms with Crippen molar-refractivity contribution in [2.75, 3.05) is 7.11 Å². The zero-order valence-electron chi connectivity index (χ0n) is 32.0. The number of halogens is 1. The number of methoxy groups -OCH3 is 1. The van der Waals surface area contributed by atoms with Crippen LogP contribution >= 0.6 is 11.6 Å². The normalized spacial score (nSPS) is 42.7. The summed E-state index contributed by atoms with van der Waals surface area (Å²) in [6.45, 7) is 15.4. The predicted molar refractivity (Wildman–Crippen MR) is 195 cm³/mol. The van der Waals surface area contributed by atoms with E-state index in [0.717, 1.165) is 24.0 Å². The highest BCUT2D eigenvalue weighted by atomic mass is 35.5. The number of aliphatic hydroxyl groups is 2. The Morgan fingerprint density at radius 2 is 1.66 bits per heavy atom. The molecule has 1 saturated carbocycles. The molecule has 4 aliphatic rings. The minimum Gasteiger partial charge on any atom is -0.469 e. The number of carbonyl (C=O) groups excluding carboxylic acids is 4. The van der Waals surface area contributed by atoms with Crippen molar-refractivity contribution in [3.05, 3.63) is 22.8 Å². The lowest BCUT2D eigenvalue weighted by Gasteiger charge is -2.49. The standard InChI is InChI=1S/C41H63ClO8/c1-23(2)28-20-31(43)26(5)12-10-11-24(3)18-32(44)29-19-27(6)37-30(41(29,22-33(28)45)38(48)49-9)17-25(4)13-14-35(47)40(8)16-15-36(50-40)39(7,42)21-34(37)46/h17,23-24,26,28-30,34-36,46-47H,10-16,18-22H2,1-9H3/b25-17+/t24-,26+,28-,29+,30-,34-,35-,36-,39+,40+,41+/m0/s1. The molecule has 50 heavy (non-hydrogen) atoms. The smallest absolute Gasteiger partial charge is 0.313 e. The number of carbonyl (C=O) groups is 4. The monoisotopic (exact) mass is 718 g/mol. The van der Waals surface area contributed by atoms with E-state index in [4.69, 9.17) is 21.1 Å². The van der Waals surface area contributed by atoms with Gasteiger partial charge in [-0.05, 0) is 90.0 Å². The summed E-state index contributed by atoms with van der Waals surface area (Å²) < 4.78 is 12.1. The molecule has 0 unspecified atom stereocenters.